The molecule has 2 aromatic rings. The van der Waals surface area contributed by atoms with Crippen molar-refractivity contribution in [3.63, 3.8) is 0 Å². The summed E-state index contributed by atoms with van der Waals surface area (Å²) >= 11 is 12.1. The van der Waals surface area contributed by atoms with Crippen molar-refractivity contribution in [1.29, 1.82) is 0 Å². The highest BCUT2D eigenvalue weighted by molar-refractivity contribution is 6.42. The van der Waals surface area contributed by atoms with E-state index in [0.717, 1.165) is 43.9 Å². The number of carbonyl (C=O) groups is 2. The van der Waals surface area contributed by atoms with Crippen LogP contribution in [0.25, 0.3) is 0 Å². The van der Waals surface area contributed by atoms with E-state index in [2.05, 4.69) is 4.90 Å². The lowest BCUT2D eigenvalue weighted by molar-refractivity contribution is -0.130. The minimum atomic E-state index is -0.125. The van der Waals surface area contributed by atoms with Gasteiger partial charge < -0.3 is 24.2 Å². The van der Waals surface area contributed by atoms with E-state index in [0.29, 0.717) is 22.3 Å². The number of likely N-dealkylation sites (tertiary alicyclic amines) is 1. The number of likely N-dealkylation sites (N-methyl/N-ethyl adjacent to an activating group) is 1. The second kappa shape index (κ2) is 12.3. The number of rotatable bonds is 9. The molecule has 34 heavy (non-hydrogen) atoms. The zero-order chi connectivity index (χ0) is 24.7. The molecule has 1 aliphatic rings. The number of amides is 2. The van der Waals surface area contributed by atoms with E-state index in [1.165, 1.54) is 4.90 Å². The first-order valence-corrected chi connectivity index (χ1v) is 12.0. The molecule has 7 nitrogen and oxygen atoms in total. The van der Waals surface area contributed by atoms with Crippen molar-refractivity contribution in [3.05, 3.63) is 52.5 Å². The Balaban J connectivity index is 1.50. The van der Waals surface area contributed by atoms with Crippen molar-refractivity contribution in [2.45, 2.75) is 25.9 Å². The minimum Gasteiger partial charge on any atom is -0.490 e. The molecule has 0 saturated carbocycles. The van der Waals surface area contributed by atoms with Gasteiger partial charge >= 0.3 is 0 Å². The first-order valence-electron chi connectivity index (χ1n) is 11.3. The topological polar surface area (TPSA) is 62.3 Å². The molecule has 0 aromatic heterocycles. The maximum Gasteiger partial charge on any atom is 0.259 e. The molecular formula is C25H31Cl2N3O4. The summed E-state index contributed by atoms with van der Waals surface area (Å²) in [5, 5.41) is 0.998. The van der Waals surface area contributed by atoms with Gasteiger partial charge in [0, 0.05) is 65.0 Å². The highest BCUT2D eigenvalue weighted by Gasteiger charge is 2.22. The summed E-state index contributed by atoms with van der Waals surface area (Å²) in [6, 6.07) is 12.6. The van der Waals surface area contributed by atoms with Crippen molar-refractivity contribution >= 4 is 40.7 Å². The Morgan fingerprint density at radius 3 is 2.41 bits per heavy atom. The van der Waals surface area contributed by atoms with Crippen molar-refractivity contribution < 1.29 is 19.1 Å². The summed E-state index contributed by atoms with van der Waals surface area (Å²) in [4.78, 5) is 29.7. The molecule has 1 aliphatic heterocycles. The quantitative estimate of drug-likeness (QED) is 0.504. The van der Waals surface area contributed by atoms with Gasteiger partial charge in [-0.05, 0) is 37.1 Å². The largest absolute Gasteiger partial charge is 0.490 e. The van der Waals surface area contributed by atoms with Gasteiger partial charge in [-0.1, -0.05) is 29.3 Å². The average molecular weight is 508 g/mol. The van der Waals surface area contributed by atoms with Crippen LogP contribution in [0.5, 0.6) is 11.5 Å². The third-order valence-electron chi connectivity index (χ3n) is 5.74. The summed E-state index contributed by atoms with van der Waals surface area (Å²) < 4.78 is 11.7. The summed E-state index contributed by atoms with van der Waals surface area (Å²) in [6.07, 6.45) is 1.91. The molecule has 0 bridgehead atoms. The van der Waals surface area contributed by atoms with E-state index in [9.17, 15) is 9.59 Å². The molecule has 2 aromatic carbocycles. The number of halogens is 2. The highest BCUT2D eigenvalue weighted by atomic mass is 35.5. The molecule has 184 valence electrons. The van der Waals surface area contributed by atoms with E-state index >= 15 is 0 Å². The van der Waals surface area contributed by atoms with E-state index in [4.69, 9.17) is 32.7 Å². The molecule has 0 N–H and O–H groups in total. The lowest BCUT2D eigenvalue weighted by Crippen LogP contribution is -2.43. The first-order chi connectivity index (χ1) is 16.2. The lowest BCUT2D eigenvalue weighted by Gasteiger charge is -2.33. The SMILES string of the molecule is CC(=O)N(CCN1CCC(Oc2ccc(Cl)c(Cl)c2)CC1)c1cccc(OCC(=O)N(C)C)c1. The number of hydrogen-bond donors (Lipinski definition) is 0. The van der Waals surface area contributed by atoms with Gasteiger partial charge in [0.1, 0.15) is 17.6 Å². The van der Waals surface area contributed by atoms with Gasteiger partial charge in [0.2, 0.25) is 5.91 Å². The highest BCUT2D eigenvalue weighted by Crippen LogP contribution is 2.28. The third kappa shape index (κ3) is 7.52. The number of anilines is 1. The molecule has 0 radical (unpaired) electrons. The molecule has 2 amide bonds. The van der Waals surface area contributed by atoms with Crippen molar-refractivity contribution in [2.24, 2.45) is 0 Å². The second-order valence-electron chi connectivity index (χ2n) is 8.48. The zero-order valence-corrected chi connectivity index (χ0v) is 21.3. The standard InChI is InChI=1S/C25H31Cl2N3O4/c1-18(31)30(19-5-4-6-21(15-19)33-17-25(32)28(2)3)14-13-29-11-9-20(10-12-29)34-22-7-8-23(26)24(27)16-22/h4-8,15-16,20H,9-14,17H2,1-3H3. The van der Waals surface area contributed by atoms with Gasteiger partial charge in [-0.25, -0.2) is 0 Å². The fourth-order valence-corrected chi connectivity index (χ4v) is 4.01. The fourth-order valence-electron chi connectivity index (χ4n) is 3.72. The molecule has 0 unspecified atom stereocenters. The molecule has 0 spiro atoms. The van der Waals surface area contributed by atoms with Gasteiger partial charge in [0.15, 0.2) is 6.61 Å². The van der Waals surface area contributed by atoms with Crippen LogP contribution >= 0.6 is 23.2 Å². The van der Waals surface area contributed by atoms with Gasteiger partial charge in [-0.2, -0.15) is 0 Å². The summed E-state index contributed by atoms with van der Waals surface area (Å²) in [5.74, 6) is 1.11. The minimum absolute atomic E-state index is 0.0423. The summed E-state index contributed by atoms with van der Waals surface area (Å²) in [7, 11) is 3.36. The maximum absolute atomic E-state index is 12.4. The number of ether oxygens (including phenoxy) is 2. The van der Waals surface area contributed by atoms with E-state index in [-0.39, 0.29) is 24.5 Å². The number of hydrogen-bond acceptors (Lipinski definition) is 5. The molecule has 0 aliphatic carbocycles. The van der Waals surface area contributed by atoms with Crippen LogP contribution in [0, 0.1) is 0 Å². The van der Waals surface area contributed by atoms with Gasteiger partial charge in [-0.15, -0.1) is 0 Å². The fraction of sp³-hybridized carbons (Fsp3) is 0.440. The van der Waals surface area contributed by atoms with Crippen LogP contribution in [-0.4, -0.2) is 74.6 Å². The third-order valence-corrected chi connectivity index (χ3v) is 6.48. The molecule has 1 saturated heterocycles. The van der Waals surface area contributed by atoms with E-state index < -0.39 is 0 Å². The van der Waals surface area contributed by atoms with Gasteiger partial charge in [-0.3, -0.25) is 9.59 Å². The van der Waals surface area contributed by atoms with Gasteiger partial charge in [0.05, 0.1) is 10.0 Å². The number of nitrogens with zero attached hydrogens (tertiary/aromatic N) is 3. The molecule has 0 atom stereocenters. The van der Waals surface area contributed by atoms with Crippen molar-refractivity contribution in [2.75, 3.05) is 51.8 Å². The molecule has 1 fully saturated rings. The smallest absolute Gasteiger partial charge is 0.259 e. The summed E-state index contributed by atoms with van der Waals surface area (Å²) in [6.45, 7) is 4.59. The predicted octanol–water partition coefficient (Wildman–Crippen LogP) is 4.36. The Morgan fingerprint density at radius 2 is 1.76 bits per heavy atom. The van der Waals surface area contributed by atoms with Crippen LogP contribution in [0.1, 0.15) is 19.8 Å². The van der Waals surface area contributed by atoms with Crippen LogP contribution < -0.4 is 14.4 Å². The number of carbonyl (C=O) groups excluding carboxylic acids is 2. The Morgan fingerprint density at radius 1 is 1.03 bits per heavy atom. The van der Waals surface area contributed by atoms with E-state index in [1.807, 2.05) is 18.2 Å². The van der Waals surface area contributed by atoms with E-state index in [1.54, 1.807) is 50.2 Å². The Kier molecular flexibility index (Phi) is 9.45. The Hall–Kier alpha value is -2.48. The second-order valence-corrected chi connectivity index (χ2v) is 9.29. The average Bonchev–Trinajstić information content (AvgIpc) is 2.81. The first kappa shape index (κ1) is 26.1. The molecule has 3 rings (SSSR count). The van der Waals surface area contributed by atoms with Crippen molar-refractivity contribution in [3.8, 4) is 11.5 Å². The Labute approximate surface area is 211 Å². The lowest BCUT2D eigenvalue weighted by atomic mass is 10.1. The predicted molar refractivity (Wildman–Crippen MR) is 135 cm³/mol. The number of benzene rings is 2. The number of piperidine rings is 1. The van der Waals surface area contributed by atoms with Crippen LogP contribution in [-0.2, 0) is 9.59 Å². The molecule has 9 heteroatoms. The van der Waals surface area contributed by atoms with Crippen LogP contribution in [0.4, 0.5) is 5.69 Å². The van der Waals surface area contributed by atoms with Crippen LogP contribution in [0.2, 0.25) is 10.0 Å². The summed E-state index contributed by atoms with van der Waals surface area (Å²) in [5.41, 5.74) is 0.750. The molecule has 1 heterocycles. The normalized spacial score (nSPS) is 14.5. The monoisotopic (exact) mass is 507 g/mol. The molecular weight excluding hydrogens is 477 g/mol. The maximum atomic E-state index is 12.4. The zero-order valence-electron chi connectivity index (χ0n) is 19.8. The Bertz CT molecular complexity index is 994. The van der Waals surface area contributed by atoms with Crippen LogP contribution in [0.15, 0.2) is 42.5 Å². The van der Waals surface area contributed by atoms with Crippen molar-refractivity contribution in [1.82, 2.24) is 9.80 Å². The van der Waals surface area contributed by atoms with Gasteiger partial charge in [0.25, 0.3) is 5.91 Å². The van der Waals surface area contributed by atoms with Crippen LogP contribution in [0.3, 0.4) is 0 Å².